The Labute approximate surface area is 193 Å². The van der Waals surface area contributed by atoms with Gasteiger partial charge in [0.25, 0.3) is 11.8 Å². The van der Waals surface area contributed by atoms with Gasteiger partial charge >= 0.3 is 0 Å². The molecule has 4 rings (SSSR count). The van der Waals surface area contributed by atoms with Crippen molar-refractivity contribution in [3.8, 4) is 0 Å². The van der Waals surface area contributed by atoms with Crippen LogP contribution in [-0.4, -0.2) is 30.3 Å². The molecule has 0 spiro atoms. The molecule has 0 saturated heterocycles. The maximum absolute atomic E-state index is 13.0. The minimum absolute atomic E-state index is 0.0620. The number of hydrogen-bond donors (Lipinski definition) is 2. The number of rotatable bonds is 6. The first-order chi connectivity index (χ1) is 15.9. The van der Waals surface area contributed by atoms with Crippen LogP contribution in [0.2, 0.25) is 0 Å². The lowest BCUT2D eigenvalue weighted by Gasteiger charge is -2.22. The van der Waals surface area contributed by atoms with Crippen LogP contribution in [0.5, 0.6) is 0 Å². The van der Waals surface area contributed by atoms with Gasteiger partial charge in [-0.15, -0.1) is 0 Å². The molecule has 0 bridgehead atoms. The lowest BCUT2D eigenvalue weighted by atomic mass is 10.0. The van der Waals surface area contributed by atoms with Gasteiger partial charge in [0.1, 0.15) is 6.04 Å². The standard InChI is InChI=1S/C27H27N3O3/c1-18(2)24(29-25(31)20-9-4-3-5-10-20)26(32)28-22-14-12-21(13-15-22)27(33)30-17-16-19-8-6-7-11-23(19)30/h3-15,18,24H,16-17H2,1-2H3,(H,28,32)(H,29,31). The van der Waals surface area contributed by atoms with E-state index in [-0.39, 0.29) is 23.6 Å². The first kappa shape index (κ1) is 22.3. The normalized spacial score (nSPS) is 13.4. The molecule has 33 heavy (non-hydrogen) atoms. The average molecular weight is 442 g/mol. The highest BCUT2D eigenvalue weighted by molar-refractivity contribution is 6.07. The van der Waals surface area contributed by atoms with Gasteiger partial charge in [-0.05, 0) is 60.4 Å². The fourth-order valence-electron chi connectivity index (χ4n) is 3.97. The van der Waals surface area contributed by atoms with Gasteiger partial charge in [-0.25, -0.2) is 0 Å². The van der Waals surface area contributed by atoms with Gasteiger partial charge in [0, 0.05) is 29.0 Å². The zero-order valence-corrected chi connectivity index (χ0v) is 18.7. The molecule has 1 unspecified atom stereocenters. The van der Waals surface area contributed by atoms with Crippen LogP contribution < -0.4 is 15.5 Å². The number of para-hydroxylation sites is 1. The molecule has 1 atom stereocenters. The van der Waals surface area contributed by atoms with E-state index in [9.17, 15) is 14.4 Å². The van der Waals surface area contributed by atoms with Crippen molar-refractivity contribution < 1.29 is 14.4 Å². The van der Waals surface area contributed by atoms with Crippen LogP contribution in [0.4, 0.5) is 11.4 Å². The lowest BCUT2D eigenvalue weighted by molar-refractivity contribution is -0.118. The van der Waals surface area contributed by atoms with Crippen molar-refractivity contribution in [2.75, 3.05) is 16.8 Å². The maximum Gasteiger partial charge on any atom is 0.258 e. The van der Waals surface area contributed by atoms with Crippen LogP contribution in [0.1, 0.15) is 40.1 Å². The van der Waals surface area contributed by atoms with Crippen LogP contribution in [0.15, 0.2) is 78.9 Å². The largest absolute Gasteiger partial charge is 0.340 e. The first-order valence-corrected chi connectivity index (χ1v) is 11.1. The number of amides is 3. The predicted molar refractivity (Wildman–Crippen MR) is 129 cm³/mol. The summed E-state index contributed by atoms with van der Waals surface area (Å²) in [6.07, 6.45) is 0.849. The van der Waals surface area contributed by atoms with Crippen molar-refractivity contribution in [1.82, 2.24) is 5.32 Å². The Morgan fingerprint density at radius 1 is 0.818 bits per heavy atom. The van der Waals surface area contributed by atoms with Crippen molar-refractivity contribution in [2.45, 2.75) is 26.3 Å². The molecule has 2 N–H and O–H groups in total. The molecule has 1 aliphatic heterocycles. The summed E-state index contributed by atoms with van der Waals surface area (Å²) >= 11 is 0. The monoisotopic (exact) mass is 441 g/mol. The van der Waals surface area contributed by atoms with Crippen LogP contribution >= 0.6 is 0 Å². The molecule has 6 nitrogen and oxygen atoms in total. The highest BCUT2D eigenvalue weighted by Crippen LogP contribution is 2.29. The summed E-state index contributed by atoms with van der Waals surface area (Å²) in [5.74, 6) is -0.764. The molecule has 0 aliphatic carbocycles. The SMILES string of the molecule is CC(C)C(NC(=O)c1ccccc1)C(=O)Nc1ccc(C(=O)N2CCc3ccccc32)cc1. The smallest absolute Gasteiger partial charge is 0.258 e. The van der Waals surface area contributed by atoms with Crippen molar-refractivity contribution >= 4 is 29.1 Å². The molecule has 0 fully saturated rings. The molecule has 3 aromatic rings. The third-order valence-electron chi connectivity index (χ3n) is 5.80. The van der Waals surface area contributed by atoms with Gasteiger partial charge in [-0.1, -0.05) is 50.2 Å². The van der Waals surface area contributed by atoms with E-state index >= 15 is 0 Å². The summed E-state index contributed by atoms with van der Waals surface area (Å²) in [6.45, 7) is 4.42. The van der Waals surface area contributed by atoms with E-state index in [2.05, 4.69) is 10.6 Å². The number of nitrogens with zero attached hydrogens (tertiary/aromatic N) is 1. The van der Waals surface area contributed by atoms with Gasteiger partial charge in [0.15, 0.2) is 0 Å². The fourth-order valence-corrected chi connectivity index (χ4v) is 3.97. The molecular formula is C27H27N3O3. The third kappa shape index (κ3) is 4.95. The van der Waals surface area contributed by atoms with E-state index in [0.29, 0.717) is 23.4 Å². The minimum Gasteiger partial charge on any atom is -0.340 e. The number of fused-ring (bicyclic) bond motifs is 1. The minimum atomic E-state index is -0.694. The molecule has 3 aromatic carbocycles. The summed E-state index contributed by atoms with van der Waals surface area (Å²) < 4.78 is 0. The van der Waals surface area contributed by atoms with Crippen molar-refractivity contribution in [1.29, 1.82) is 0 Å². The second kappa shape index (κ2) is 9.69. The average Bonchev–Trinajstić information content (AvgIpc) is 3.27. The van der Waals surface area contributed by atoms with E-state index in [4.69, 9.17) is 0 Å². The fraction of sp³-hybridized carbons (Fsp3) is 0.222. The Morgan fingerprint density at radius 2 is 1.48 bits per heavy atom. The summed E-state index contributed by atoms with van der Waals surface area (Å²) in [5, 5.41) is 5.67. The number of hydrogen-bond acceptors (Lipinski definition) is 3. The Hall–Kier alpha value is -3.93. The lowest BCUT2D eigenvalue weighted by Crippen LogP contribution is -2.47. The summed E-state index contributed by atoms with van der Waals surface area (Å²) in [7, 11) is 0. The third-order valence-corrected chi connectivity index (χ3v) is 5.80. The number of nitrogens with one attached hydrogen (secondary N) is 2. The second-order valence-electron chi connectivity index (χ2n) is 8.46. The first-order valence-electron chi connectivity index (χ1n) is 11.1. The molecule has 6 heteroatoms. The molecule has 1 aliphatic rings. The highest BCUT2D eigenvalue weighted by atomic mass is 16.2. The Morgan fingerprint density at radius 3 is 2.18 bits per heavy atom. The van der Waals surface area contributed by atoms with Crippen LogP contribution in [0.3, 0.4) is 0 Å². The zero-order valence-electron chi connectivity index (χ0n) is 18.7. The zero-order chi connectivity index (χ0) is 23.4. The maximum atomic E-state index is 13.0. The highest BCUT2D eigenvalue weighted by Gasteiger charge is 2.26. The van der Waals surface area contributed by atoms with Crippen molar-refractivity contribution in [3.05, 3.63) is 95.6 Å². The van der Waals surface area contributed by atoms with Crippen molar-refractivity contribution in [2.24, 2.45) is 5.92 Å². The van der Waals surface area contributed by atoms with Gasteiger partial charge in [-0.3, -0.25) is 14.4 Å². The van der Waals surface area contributed by atoms with Crippen molar-refractivity contribution in [3.63, 3.8) is 0 Å². The molecule has 1 heterocycles. The summed E-state index contributed by atoms with van der Waals surface area (Å²) in [6, 6.07) is 22.9. The molecule has 0 saturated carbocycles. The molecule has 3 amide bonds. The van der Waals surface area contributed by atoms with E-state index in [1.54, 1.807) is 53.4 Å². The van der Waals surface area contributed by atoms with Gasteiger partial charge in [0.2, 0.25) is 5.91 Å². The number of carbonyl (C=O) groups excluding carboxylic acids is 3. The Kier molecular flexibility index (Phi) is 6.54. The molecule has 168 valence electrons. The van der Waals surface area contributed by atoms with E-state index in [1.165, 1.54) is 5.56 Å². The van der Waals surface area contributed by atoms with Crippen LogP contribution in [-0.2, 0) is 11.2 Å². The summed E-state index contributed by atoms with van der Waals surface area (Å²) in [4.78, 5) is 40.2. The Balaban J connectivity index is 1.42. The quantitative estimate of drug-likeness (QED) is 0.599. The number of benzene rings is 3. The second-order valence-corrected chi connectivity index (χ2v) is 8.46. The van der Waals surface area contributed by atoms with Gasteiger partial charge in [-0.2, -0.15) is 0 Å². The van der Waals surface area contributed by atoms with E-state index in [0.717, 1.165) is 12.1 Å². The Bertz CT molecular complexity index is 1160. The number of anilines is 2. The van der Waals surface area contributed by atoms with Gasteiger partial charge < -0.3 is 15.5 Å². The predicted octanol–water partition coefficient (Wildman–Crippen LogP) is 4.28. The van der Waals surface area contributed by atoms with E-state index in [1.807, 2.05) is 44.2 Å². The van der Waals surface area contributed by atoms with Crippen LogP contribution in [0.25, 0.3) is 0 Å². The molecular weight excluding hydrogens is 414 g/mol. The molecule has 0 aromatic heterocycles. The van der Waals surface area contributed by atoms with Gasteiger partial charge in [0.05, 0.1) is 0 Å². The number of carbonyl (C=O) groups is 3. The molecule has 0 radical (unpaired) electrons. The van der Waals surface area contributed by atoms with Crippen LogP contribution in [0, 0.1) is 5.92 Å². The van der Waals surface area contributed by atoms with E-state index < -0.39 is 6.04 Å². The topological polar surface area (TPSA) is 78.5 Å². The summed E-state index contributed by atoms with van der Waals surface area (Å²) in [5.41, 5.74) is 3.75.